The predicted molar refractivity (Wildman–Crippen MR) is 71.3 cm³/mol. The fourth-order valence-corrected chi connectivity index (χ4v) is 2.98. The van der Waals surface area contributed by atoms with Crippen molar-refractivity contribution in [2.45, 2.75) is 31.2 Å². The topological polar surface area (TPSA) is 110 Å². The maximum atomic E-state index is 11.4. The van der Waals surface area contributed by atoms with Gasteiger partial charge in [0.2, 0.25) is 0 Å². The third kappa shape index (κ3) is 4.00. The largest absolute Gasteiger partial charge is 0.396 e. The quantitative estimate of drug-likeness (QED) is 0.430. The van der Waals surface area contributed by atoms with Crippen LogP contribution in [0.3, 0.4) is 0 Å². The van der Waals surface area contributed by atoms with Gasteiger partial charge >= 0.3 is 10.3 Å². The monoisotopic (exact) mass is 292 g/mol. The predicted octanol–water partition coefficient (Wildman–Crippen LogP) is -0.0269. The van der Waals surface area contributed by atoms with E-state index >= 15 is 0 Å². The van der Waals surface area contributed by atoms with Gasteiger partial charge in [0.05, 0.1) is 12.1 Å². The highest BCUT2D eigenvalue weighted by molar-refractivity contribution is 7.84. The molecule has 0 spiro atoms. The summed E-state index contributed by atoms with van der Waals surface area (Å²) in [5.41, 5.74) is -0.781. The summed E-state index contributed by atoms with van der Waals surface area (Å²) in [5, 5.41) is 17.9. The van der Waals surface area contributed by atoms with Gasteiger partial charge in [-0.25, -0.2) is 4.31 Å². The van der Waals surface area contributed by atoms with Crippen LogP contribution in [0.4, 0.5) is 0 Å². The van der Waals surface area contributed by atoms with Crippen LogP contribution >= 0.6 is 0 Å². The molecule has 0 amide bonds. The Bertz CT molecular complexity index is 448. The second-order valence-corrected chi connectivity index (χ2v) is 5.87. The first kappa shape index (κ1) is 16.1. The molecule has 0 aliphatic carbocycles. The van der Waals surface area contributed by atoms with Crippen LogP contribution in [0.1, 0.15) is 25.7 Å². The van der Waals surface area contributed by atoms with E-state index in [4.69, 9.17) is 10.2 Å². The Morgan fingerprint density at radius 2 is 2.11 bits per heavy atom. The number of nitrogens with zero attached hydrogens (tertiary/aromatic N) is 2. The zero-order chi connectivity index (χ0) is 14.5. The fraction of sp³-hybridized carbons (Fsp3) is 0.727. The molecule has 0 aromatic rings. The number of rotatable bonds is 8. The zero-order valence-corrected chi connectivity index (χ0v) is 11.5. The molecule has 0 saturated heterocycles. The van der Waals surface area contributed by atoms with Crippen LogP contribution in [-0.2, 0) is 10.3 Å². The second kappa shape index (κ2) is 6.47. The van der Waals surface area contributed by atoms with Crippen molar-refractivity contribution < 1.29 is 23.2 Å². The van der Waals surface area contributed by atoms with E-state index in [1.807, 2.05) is 0 Å². The number of aliphatic imine (C=N–C) groups is 1. The Kier molecular flexibility index (Phi) is 5.48. The van der Waals surface area contributed by atoms with Gasteiger partial charge in [0.25, 0.3) is 0 Å². The van der Waals surface area contributed by atoms with Gasteiger partial charge < -0.3 is 10.2 Å². The van der Waals surface area contributed by atoms with Crippen LogP contribution < -0.4 is 0 Å². The molecule has 0 aromatic heterocycles. The summed E-state index contributed by atoms with van der Waals surface area (Å²) in [6.07, 6.45) is 2.90. The lowest BCUT2D eigenvalue weighted by atomic mass is 9.93. The van der Waals surface area contributed by atoms with Crippen molar-refractivity contribution in [1.82, 2.24) is 4.31 Å². The van der Waals surface area contributed by atoms with Gasteiger partial charge in [0.1, 0.15) is 5.84 Å². The van der Waals surface area contributed by atoms with Crippen LogP contribution in [0.15, 0.2) is 17.6 Å². The summed E-state index contributed by atoms with van der Waals surface area (Å²) in [6, 6.07) is 0. The molecule has 1 heterocycles. The minimum atomic E-state index is -4.38. The van der Waals surface area contributed by atoms with E-state index in [-0.39, 0.29) is 38.4 Å². The van der Waals surface area contributed by atoms with Crippen LogP contribution in [0.5, 0.6) is 0 Å². The van der Waals surface area contributed by atoms with Gasteiger partial charge in [-0.1, -0.05) is 6.08 Å². The molecular weight excluding hydrogens is 272 g/mol. The lowest BCUT2D eigenvalue weighted by Crippen LogP contribution is -2.39. The van der Waals surface area contributed by atoms with Crippen molar-refractivity contribution >= 4 is 16.1 Å². The van der Waals surface area contributed by atoms with Crippen molar-refractivity contribution in [3.05, 3.63) is 12.7 Å². The third-order valence-electron chi connectivity index (χ3n) is 3.03. The Morgan fingerprint density at radius 1 is 1.42 bits per heavy atom. The average molecular weight is 292 g/mol. The lowest BCUT2D eigenvalue weighted by molar-refractivity contribution is 0.236. The van der Waals surface area contributed by atoms with E-state index in [2.05, 4.69) is 11.6 Å². The molecule has 3 N–H and O–H groups in total. The van der Waals surface area contributed by atoms with Crippen LogP contribution in [-0.4, -0.2) is 58.6 Å². The van der Waals surface area contributed by atoms with Crippen LogP contribution in [0, 0.1) is 0 Å². The summed E-state index contributed by atoms with van der Waals surface area (Å²) in [7, 11) is -4.38. The van der Waals surface area contributed by atoms with Gasteiger partial charge in [-0.15, -0.1) is 6.58 Å². The molecule has 19 heavy (non-hydrogen) atoms. The summed E-state index contributed by atoms with van der Waals surface area (Å²) in [5.74, 6) is 0.215. The molecule has 1 unspecified atom stereocenters. The van der Waals surface area contributed by atoms with Gasteiger partial charge in [0.15, 0.2) is 0 Å². The number of hydrogen-bond acceptors (Lipinski definition) is 5. The maximum Gasteiger partial charge on any atom is 0.360 e. The normalized spacial score (nSPS) is 23.5. The molecule has 0 saturated carbocycles. The Morgan fingerprint density at radius 3 is 2.58 bits per heavy atom. The first-order valence-electron chi connectivity index (χ1n) is 6.05. The van der Waals surface area contributed by atoms with Crippen molar-refractivity contribution in [2.75, 3.05) is 19.8 Å². The highest BCUT2D eigenvalue weighted by Crippen LogP contribution is 2.31. The Hall–Kier alpha value is -0.960. The van der Waals surface area contributed by atoms with Crippen LogP contribution in [0.25, 0.3) is 0 Å². The highest BCUT2D eigenvalue weighted by atomic mass is 32.2. The van der Waals surface area contributed by atoms with E-state index in [1.54, 1.807) is 6.08 Å². The molecule has 110 valence electrons. The standard InChI is InChI=1S/C11H20N2O5S/c1-2-5-11(6-8-15)9-13(19(16,17)18)10(12-11)4-3-7-14/h2,14-15H,1,3-9H2,(H,16,17,18). The van der Waals surface area contributed by atoms with E-state index in [0.29, 0.717) is 12.8 Å². The highest BCUT2D eigenvalue weighted by Gasteiger charge is 2.42. The number of amidine groups is 1. The van der Waals surface area contributed by atoms with Gasteiger partial charge in [-0.2, -0.15) is 8.42 Å². The summed E-state index contributed by atoms with van der Waals surface area (Å²) >= 11 is 0. The molecule has 8 heteroatoms. The number of aliphatic hydroxyl groups excluding tert-OH is 2. The zero-order valence-electron chi connectivity index (χ0n) is 10.7. The lowest BCUT2D eigenvalue weighted by Gasteiger charge is -2.24. The first-order chi connectivity index (χ1) is 8.88. The fourth-order valence-electron chi connectivity index (χ4n) is 2.18. The van der Waals surface area contributed by atoms with Crippen molar-refractivity contribution in [3.63, 3.8) is 0 Å². The molecule has 1 aliphatic rings. The van der Waals surface area contributed by atoms with Gasteiger partial charge in [-0.05, 0) is 19.3 Å². The summed E-state index contributed by atoms with van der Waals surface area (Å²) < 4.78 is 32.8. The molecule has 1 atom stereocenters. The first-order valence-corrected chi connectivity index (χ1v) is 7.45. The molecule has 0 radical (unpaired) electrons. The average Bonchev–Trinajstić information content (AvgIpc) is 2.66. The molecule has 0 aromatic carbocycles. The van der Waals surface area contributed by atoms with E-state index in [9.17, 15) is 13.0 Å². The molecular formula is C11H20N2O5S. The molecule has 1 rings (SSSR count). The molecule has 7 nitrogen and oxygen atoms in total. The molecule has 0 fully saturated rings. The van der Waals surface area contributed by atoms with E-state index < -0.39 is 15.8 Å². The molecule has 1 aliphatic heterocycles. The second-order valence-electron chi connectivity index (χ2n) is 4.53. The minimum Gasteiger partial charge on any atom is -0.396 e. The maximum absolute atomic E-state index is 11.4. The SMILES string of the molecule is C=CCC1(CCO)CN(S(=O)(=O)O)C(CCCO)=N1. The van der Waals surface area contributed by atoms with Gasteiger partial charge in [-0.3, -0.25) is 9.55 Å². The smallest absolute Gasteiger partial charge is 0.360 e. The van der Waals surface area contributed by atoms with E-state index in [0.717, 1.165) is 4.31 Å². The minimum absolute atomic E-state index is 0.0147. The Balaban J connectivity index is 3.05. The third-order valence-corrected chi connectivity index (χ3v) is 3.93. The Labute approximate surface area is 113 Å². The van der Waals surface area contributed by atoms with Gasteiger partial charge in [0, 0.05) is 19.6 Å². The van der Waals surface area contributed by atoms with Crippen molar-refractivity contribution in [2.24, 2.45) is 4.99 Å². The summed E-state index contributed by atoms with van der Waals surface area (Å²) in [6.45, 7) is 3.36. The number of aliphatic hydroxyl groups is 2. The van der Waals surface area contributed by atoms with E-state index in [1.165, 1.54) is 0 Å². The van der Waals surface area contributed by atoms with Crippen molar-refractivity contribution in [3.8, 4) is 0 Å². The van der Waals surface area contributed by atoms with Crippen LogP contribution in [0.2, 0.25) is 0 Å². The number of hydrogen-bond donors (Lipinski definition) is 3. The van der Waals surface area contributed by atoms with Crippen molar-refractivity contribution in [1.29, 1.82) is 0 Å². The summed E-state index contributed by atoms with van der Waals surface area (Å²) in [4.78, 5) is 4.35. The molecule has 0 bridgehead atoms.